The third-order valence-corrected chi connectivity index (χ3v) is 4.00. The van der Waals surface area contributed by atoms with E-state index in [1.54, 1.807) is 6.07 Å². The maximum atomic E-state index is 12.2. The Labute approximate surface area is 119 Å². The van der Waals surface area contributed by atoms with Crippen molar-refractivity contribution in [3.05, 3.63) is 23.0 Å². The van der Waals surface area contributed by atoms with Crippen LogP contribution < -0.4 is 5.32 Å². The van der Waals surface area contributed by atoms with Crippen LogP contribution in [-0.4, -0.2) is 47.3 Å². The van der Waals surface area contributed by atoms with E-state index in [1.165, 1.54) is 0 Å². The number of nitrogens with zero attached hydrogens (tertiary/aromatic N) is 1. The fraction of sp³-hybridized carbons (Fsp3) is 0.600. The number of piperidine rings is 1. The van der Waals surface area contributed by atoms with Crippen molar-refractivity contribution in [3.8, 4) is 0 Å². The zero-order valence-electron chi connectivity index (χ0n) is 12.4. The lowest BCUT2D eigenvalue weighted by atomic mass is 10.0. The number of hydrogen-bond acceptors (Lipinski definition) is 3. The molecule has 0 radical (unpaired) electrons. The van der Waals surface area contributed by atoms with Crippen LogP contribution in [0.25, 0.3) is 0 Å². The van der Waals surface area contributed by atoms with Gasteiger partial charge in [0.2, 0.25) is 0 Å². The molecule has 5 nitrogen and oxygen atoms in total. The first-order valence-electron chi connectivity index (χ1n) is 7.21. The van der Waals surface area contributed by atoms with Gasteiger partial charge in [0, 0.05) is 30.9 Å². The molecule has 20 heavy (non-hydrogen) atoms. The first-order valence-corrected chi connectivity index (χ1v) is 7.21. The van der Waals surface area contributed by atoms with Crippen LogP contribution in [0.4, 0.5) is 0 Å². The Morgan fingerprint density at radius 2 is 2.10 bits per heavy atom. The number of carbonyl (C=O) groups excluding carboxylic acids is 2. The maximum absolute atomic E-state index is 12.2. The smallest absolute Gasteiger partial charge is 0.253 e. The molecule has 1 aromatic rings. The molecular weight excluding hydrogens is 254 g/mol. The topological polar surface area (TPSA) is 65.2 Å². The van der Waals surface area contributed by atoms with E-state index in [1.807, 2.05) is 6.92 Å². The molecule has 1 aromatic heterocycles. The molecule has 2 N–H and O–H groups in total. The van der Waals surface area contributed by atoms with Gasteiger partial charge in [0.15, 0.2) is 6.29 Å². The predicted molar refractivity (Wildman–Crippen MR) is 78.1 cm³/mol. The van der Waals surface area contributed by atoms with Gasteiger partial charge in [-0.05, 0) is 39.7 Å². The molecule has 1 amide bonds. The highest BCUT2D eigenvalue weighted by Crippen LogP contribution is 2.15. The van der Waals surface area contributed by atoms with Gasteiger partial charge in [-0.1, -0.05) is 0 Å². The fourth-order valence-electron chi connectivity index (χ4n) is 2.71. The molecule has 1 saturated heterocycles. The van der Waals surface area contributed by atoms with Gasteiger partial charge in [-0.2, -0.15) is 0 Å². The molecule has 0 atom stereocenters. The lowest BCUT2D eigenvalue weighted by Crippen LogP contribution is -2.46. The van der Waals surface area contributed by atoms with Crippen LogP contribution in [0.15, 0.2) is 6.07 Å². The van der Waals surface area contributed by atoms with Crippen LogP contribution in [0.1, 0.15) is 53.2 Å². The van der Waals surface area contributed by atoms with Gasteiger partial charge in [0.1, 0.15) is 0 Å². The molecule has 0 aromatic carbocycles. The van der Waals surface area contributed by atoms with Crippen molar-refractivity contribution < 1.29 is 9.59 Å². The molecular formula is C15H23N3O2. The minimum absolute atomic E-state index is 0.0881. The van der Waals surface area contributed by atoms with Gasteiger partial charge < -0.3 is 15.2 Å². The molecule has 1 fully saturated rings. The number of carbonyl (C=O) groups is 2. The summed E-state index contributed by atoms with van der Waals surface area (Å²) in [5, 5.41) is 3.07. The number of likely N-dealkylation sites (tertiary alicyclic amines) is 1. The average Bonchev–Trinajstić information content (AvgIpc) is 2.80. The quantitative estimate of drug-likeness (QED) is 0.824. The van der Waals surface area contributed by atoms with Crippen LogP contribution in [0.3, 0.4) is 0 Å². The monoisotopic (exact) mass is 277 g/mol. The van der Waals surface area contributed by atoms with Crippen molar-refractivity contribution >= 4 is 12.2 Å². The second-order valence-electron chi connectivity index (χ2n) is 5.76. The summed E-state index contributed by atoms with van der Waals surface area (Å²) in [5.41, 5.74) is 1.75. The van der Waals surface area contributed by atoms with Crippen molar-refractivity contribution in [1.82, 2.24) is 15.2 Å². The molecule has 1 aliphatic rings. The zero-order valence-corrected chi connectivity index (χ0v) is 12.4. The Balaban J connectivity index is 1.92. The first-order chi connectivity index (χ1) is 9.51. The molecule has 0 unspecified atom stereocenters. The van der Waals surface area contributed by atoms with Gasteiger partial charge >= 0.3 is 0 Å². The van der Waals surface area contributed by atoms with Crippen LogP contribution in [0.2, 0.25) is 0 Å². The Morgan fingerprint density at radius 1 is 1.45 bits per heavy atom. The van der Waals surface area contributed by atoms with E-state index in [9.17, 15) is 9.59 Å². The number of aldehydes is 1. The summed E-state index contributed by atoms with van der Waals surface area (Å²) < 4.78 is 0. The molecule has 110 valence electrons. The molecule has 2 heterocycles. The molecule has 0 bridgehead atoms. The van der Waals surface area contributed by atoms with Crippen molar-refractivity contribution in [2.75, 3.05) is 13.1 Å². The summed E-state index contributed by atoms with van der Waals surface area (Å²) in [4.78, 5) is 28.3. The number of hydrogen-bond donors (Lipinski definition) is 2. The van der Waals surface area contributed by atoms with Crippen molar-refractivity contribution in [1.29, 1.82) is 0 Å². The summed E-state index contributed by atoms with van der Waals surface area (Å²) in [6.07, 6.45) is 2.69. The Bertz CT molecular complexity index is 485. The normalized spacial score (nSPS) is 17.4. The van der Waals surface area contributed by atoms with E-state index in [0.29, 0.717) is 17.3 Å². The molecule has 1 aliphatic heterocycles. The van der Waals surface area contributed by atoms with Crippen molar-refractivity contribution in [2.45, 2.75) is 45.7 Å². The van der Waals surface area contributed by atoms with Gasteiger partial charge in [-0.3, -0.25) is 9.59 Å². The van der Waals surface area contributed by atoms with Crippen LogP contribution in [0, 0.1) is 6.92 Å². The zero-order chi connectivity index (χ0) is 14.7. The second-order valence-corrected chi connectivity index (χ2v) is 5.76. The van der Waals surface area contributed by atoms with E-state index in [0.717, 1.165) is 37.9 Å². The van der Waals surface area contributed by atoms with Crippen LogP contribution in [0.5, 0.6) is 0 Å². The third-order valence-electron chi connectivity index (χ3n) is 4.00. The highest BCUT2D eigenvalue weighted by Gasteiger charge is 2.23. The SMILES string of the molecule is Cc1[nH]c(C=O)cc1C(=O)NC1CCN(C(C)C)CC1. The van der Waals surface area contributed by atoms with E-state index in [4.69, 9.17) is 0 Å². The number of amides is 1. The first kappa shape index (κ1) is 14.8. The number of aromatic amines is 1. The summed E-state index contributed by atoms with van der Waals surface area (Å²) in [6.45, 7) is 8.25. The largest absolute Gasteiger partial charge is 0.356 e. The molecule has 5 heteroatoms. The fourth-order valence-corrected chi connectivity index (χ4v) is 2.71. The predicted octanol–water partition coefficient (Wildman–Crippen LogP) is 1.74. The lowest BCUT2D eigenvalue weighted by Gasteiger charge is -2.34. The van der Waals surface area contributed by atoms with Crippen molar-refractivity contribution in [3.63, 3.8) is 0 Å². The van der Waals surface area contributed by atoms with E-state index < -0.39 is 0 Å². The van der Waals surface area contributed by atoms with Gasteiger partial charge in [-0.25, -0.2) is 0 Å². The number of nitrogens with one attached hydrogen (secondary N) is 2. The van der Waals surface area contributed by atoms with Crippen molar-refractivity contribution in [2.24, 2.45) is 0 Å². The lowest BCUT2D eigenvalue weighted by molar-refractivity contribution is 0.0900. The minimum atomic E-state index is -0.0881. The second kappa shape index (κ2) is 6.22. The van der Waals surface area contributed by atoms with E-state index in [2.05, 4.69) is 29.0 Å². The Hall–Kier alpha value is -1.62. The average molecular weight is 277 g/mol. The highest BCUT2D eigenvalue weighted by atomic mass is 16.1. The Morgan fingerprint density at radius 3 is 2.60 bits per heavy atom. The summed E-state index contributed by atoms with van der Waals surface area (Å²) in [7, 11) is 0. The standard InChI is InChI=1S/C15H23N3O2/c1-10(2)18-6-4-12(5-7-18)17-15(20)14-8-13(9-19)16-11(14)3/h8-10,12,16H,4-7H2,1-3H3,(H,17,20). The number of aromatic nitrogens is 1. The minimum Gasteiger partial charge on any atom is -0.356 e. The Kier molecular flexibility index (Phi) is 4.60. The number of H-pyrrole nitrogens is 1. The maximum Gasteiger partial charge on any atom is 0.253 e. The third kappa shape index (κ3) is 3.28. The summed E-state index contributed by atoms with van der Waals surface area (Å²) >= 11 is 0. The van der Waals surface area contributed by atoms with Gasteiger partial charge in [0.05, 0.1) is 11.3 Å². The van der Waals surface area contributed by atoms with E-state index in [-0.39, 0.29) is 11.9 Å². The highest BCUT2D eigenvalue weighted by molar-refractivity contribution is 5.97. The molecule has 2 rings (SSSR count). The van der Waals surface area contributed by atoms with E-state index >= 15 is 0 Å². The van der Waals surface area contributed by atoms with Crippen LogP contribution in [-0.2, 0) is 0 Å². The molecule has 0 aliphatic carbocycles. The summed E-state index contributed by atoms with van der Waals surface area (Å²) in [5.74, 6) is -0.0881. The summed E-state index contributed by atoms with van der Waals surface area (Å²) in [6, 6.07) is 2.40. The number of aryl methyl sites for hydroxylation is 1. The van der Waals surface area contributed by atoms with Gasteiger partial charge in [0.25, 0.3) is 5.91 Å². The van der Waals surface area contributed by atoms with Gasteiger partial charge in [-0.15, -0.1) is 0 Å². The number of rotatable bonds is 4. The van der Waals surface area contributed by atoms with Crippen LogP contribution >= 0.6 is 0 Å². The molecule has 0 spiro atoms. The molecule has 0 saturated carbocycles.